The van der Waals surface area contributed by atoms with Gasteiger partial charge >= 0.3 is 0 Å². The third-order valence-electron chi connectivity index (χ3n) is 1.74. The van der Waals surface area contributed by atoms with Crippen molar-refractivity contribution in [3.63, 3.8) is 0 Å². The number of nitrogens with two attached hydrogens (primary N) is 1. The predicted molar refractivity (Wildman–Crippen MR) is 54.9 cm³/mol. The molecule has 1 heterocycles. The number of hydrogen-bond donors (Lipinski definition) is 2. The highest BCUT2D eigenvalue weighted by molar-refractivity contribution is 7.71. The Labute approximate surface area is 82.6 Å². The maximum absolute atomic E-state index is 5.49. The van der Waals surface area contributed by atoms with Crippen molar-refractivity contribution in [1.29, 1.82) is 0 Å². The van der Waals surface area contributed by atoms with E-state index in [-0.39, 0.29) is 0 Å². The van der Waals surface area contributed by atoms with Gasteiger partial charge in [0, 0.05) is 6.42 Å². The Morgan fingerprint density at radius 1 is 1.38 bits per heavy atom. The molecule has 0 aliphatic heterocycles. The van der Waals surface area contributed by atoms with Gasteiger partial charge in [0.15, 0.2) is 0 Å². The minimum atomic E-state index is 0.322. The van der Waals surface area contributed by atoms with Gasteiger partial charge in [0.25, 0.3) is 0 Å². The number of nitrogens with one attached hydrogen (secondary N) is 1. The van der Waals surface area contributed by atoms with Gasteiger partial charge in [-0.25, -0.2) is 4.98 Å². The number of anilines is 1. The second kappa shape index (κ2) is 4.91. The Kier molecular flexibility index (Phi) is 3.82. The molecule has 0 aliphatic rings. The maximum Gasteiger partial charge on any atom is 0.224 e. The van der Waals surface area contributed by atoms with Gasteiger partial charge in [0.2, 0.25) is 10.7 Å². The van der Waals surface area contributed by atoms with E-state index >= 15 is 0 Å². The van der Waals surface area contributed by atoms with Crippen LogP contribution in [0.25, 0.3) is 0 Å². The number of H-pyrrole nitrogens is 1. The lowest BCUT2D eigenvalue weighted by atomic mass is 10.2. The van der Waals surface area contributed by atoms with Crippen molar-refractivity contribution in [2.45, 2.75) is 32.6 Å². The first-order valence-electron chi connectivity index (χ1n) is 4.45. The van der Waals surface area contributed by atoms with Crippen LogP contribution in [0.4, 0.5) is 5.95 Å². The number of unbranched alkanes of at least 4 members (excludes halogenated alkanes) is 2. The number of nitrogens with zero attached hydrogens (tertiary/aromatic N) is 2. The molecule has 4 nitrogen and oxygen atoms in total. The Hall–Kier alpha value is -0.970. The third-order valence-corrected chi connectivity index (χ3v) is 1.92. The first-order chi connectivity index (χ1) is 6.22. The third kappa shape index (κ3) is 3.50. The molecule has 0 aliphatic carbocycles. The van der Waals surface area contributed by atoms with Gasteiger partial charge in [-0.15, -0.1) is 0 Å². The molecule has 0 saturated carbocycles. The topological polar surface area (TPSA) is 67.6 Å². The molecule has 13 heavy (non-hydrogen) atoms. The lowest BCUT2D eigenvalue weighted by Crippen LogP contribution is -2.02. The molecule has 0 fully saturated rings. The van der Waals surface area contributed by atoms with Gasteiger partial charge in [-0.1, -0.05) is 19.8 Å². The molecule has 5 heteroatoms. The highest BCUT2D eigenvalue weighted by Gasteiger charge is 1.96. The van der Waals surface area contributed by atoms with Crippen LogP contribution in [0.1, 0.15) is 32.0 Å². The molecule has 3 N–H and O–H groups in total. The van der Waals surface area contributed by atoms with Gasteiger partial charge in [0.1, 0.15) is 5.82 Å². The Bertz CT molecular complexity index is 320. The zero-order chi connectivity index (χ0) is 9.68. The zero-order valence-corrected chi connectivity index (χ0v) is 8.52. The molecule has 0 unspecified atom stereocenters. The highest BCUT2D eigenvalue weighted by atomic mass is 32.1. The Balaban J connectivity index is 2.61. The summed E-state index contributed by atoms with van der Waals surface area (Å²) in [6.07, 6.45) is 4.40. The monoisotopic (exact) mass is 198 g/mol. The van der Waals surface area contributed by atoms with Crippen LogP contribution >= 0.6 is 12.2 Å². The van der Waals surface area contributed by atoms with Gasteiger partial charge in [-0.3, -0.25) is 0 Å². The Morgan fingerprint density at radius 3 is 2.77 bits per heavy atom. The number of hydrogen-bond acceptors (Lipinski definition) is 4. The summed E-state index contributed by atoms with van der Waals surface area (Å²) in [6, 6.07) is 0. The average Bonchev–Trinajstić information content (AvgIpc) is 2.03. The fourth-order valence-electron chi connectivity index (χ4n) is 1.11. The second-order valence-electron chi connectivity index (χ2n) is 2.92. The van der Waals surface area contributed by atoms with Gasteiger partial charge in [0.05, 0.1) is 0 Å². The first-order valence-corrected chi connectivity index (χ1v) is 4.86. The van der Waals surface area contributed by atoms with Crippen molar-refractivity contribution in [3.05, 3.63) is 10.6 Å². The molecule has 1 rings (SSSR count). The molecule has 0 saturated heterocycles. The van der Waals surface area contributed by atoms with Gasteiger partial charge < -0.3 is 10.7 Å². The molecule has 0 amide bonds. The zero-order valence-electron chi connectivity index (χ0n) is 7.71. The van der Waals surface area contributed by atoms with E-state index in [2.05, 4.69) is 21.9 Å². The van der Waals surface area contributed by atoms with Crippen LogP contribution in [-0.4, -0.2) is 15.0 Å². The van der Waals surface area contributed by atoms with Crippen LogP contribution in [0.15, 0.2) is 0 Å². The minimum absolute atomic E-state index is 0.322. The molecular weight excluding hydrogens is 184 g/mol. The summed E-state index contributed by atoms with van der Waals surface area (Å²) in [5.74, 6) is 1.19. The van der Waals surface area contributed by atoms with E-state index in [1.54, 1.807) is 0 Å². The van der Waals surface area contributed by atoms with Crippen LogP contribution in [0.5, 0.6) is 0 Å². The number of aromatic amines is 1. The lowest BCUT2D eigenvalue weighted by molar-refractivity contribution is 0.689. The van der Waals surface area contributed by atoms with E-state index in [9.17, 15) is 0 Å². The maximum atomic E-state index is 5.49. The molecule has 1 aromatic rings. The summed E-state index contributed by atoms with van der Waals surface area (Å²) < 4.78 is 0.322. The standard InChI is InChI=1S/C8H14N4S/c1-2-3-4-5-6-10-7(9)12-8(13)11-6/h2-5H2,1H3,(H3,9,10,11,12,13). The van der Waals surface area contributed by atoms with E-state index in [1.165, 1.54) is 12.8 Å². The summed E-state index contributed by atoms with van der Waals surface area (Å²) in [4.78, 5) is 10.8. The molecule has 1 aromatic heterocycles. The van der Waals surface area contributed by atoms with E-state index in [4.69, 9.17) is 18.0 Å². The minimum Gasteiger partial charge on any atom is -0.369 e. The van der Waals surface area contributed by atoms with Crippen molar-refractivity contribution < 1.29 is 0 Å². The summed E-state index contributed by atoms with van der Waals surface area (Å²) in [6.45, 7) is 2.16. The molecular formula is C8H14N4S. The SMILES string of the molecule is CCCCCc1nc(=S)nc(N)[nH]1. The molecule has 0 aromatic carbocycles. The lowest BCUT2D eigenvalue weighted by Gasteiger charge is -2.00. The fraction of sp³-hybridized carbons (Fsp3) is 0.625. The average molecular weight is 198 g/mol. The quantitative estimate of drug-likeness (QED) is 0.572. The van der Waals surface area contributed by atoms with Crippen LogP contribution < -0.4 is 5.73 Å². The summed E-state index contributed by atoms with van der Waals surface area (Å²) in [5, 5.41) is 0. The van der Waals surface area contributed by atoms with Crippen molar-refractivity contribution >= 4 is 18.2 Å². The molecule has 0 atom stereocenters. The number of aromatic nitrogens is 3. The van der Waals surface area contributed by atoms with Crippen LogP contribution in [0.3, 0.4) is 0 Å². The normalized spacial score (nSPS) is 10.2. The van der Waals surface area contributed by atoms with E-state index in [0.29, 0.717) is 10.7 Å². The van der Waals surface area contributed by atoms with Crippen LogP contribution in [0.2, 0.25) is 0 Å². The predicted octanol–water partition coefficient (Wildman–Crippen LogP) is 1.85. The van der Waals surface area contributed by atoms with Crippen molar-refractivity contribution in [1.82, 2.24) is 15.0 Å². The smallest absolute Gasteiger partial charge is 0.224 e. The number of rotatable bonds is 4. The van der Waals surface area contributed by atoms with Crippen LogP contribution in [-0.2, 0) is 6.42 Å². The number of aryl methyl sites for hydroxylation is 1. The van der Waals surface area contributed by atoms with E-state index in [0.717, 1.165) is 18.7 Å². The molecule has 0 bridgehead atoms. The van der Waals surface area contributed by atoms with Crippen LogP contribution in [0, 0.1) is 4.77 Å². The fourth-order valence-corrected chi connectivity index (χ4v) is 1.32. The van der Waals surface area contributed by atoms with Crippen molar-refractivity contribution in [2.75, 3.05) is 5.73 Å². The van der Waals surface area contributed by atoms with Gasteiger partial charge in [-0.2, -0.15) is 4.98 Å². The van der Waals surface area contributed by atoms with Gasteiger partial charge in [-0.05, 0) is 18.6 Å². The Morgan fingerprint density at radius 2 is 2.15 bits per heavy atom. The van der Waals surface area contributed by atoms with Crippen molar-refractivity contribution in [2.24, 2.45) is 0 Å². The summed E-state index contributed by atoms with van der Waals surface area (Å²) >= 11 is 4.84. The molecule has 0 spiro atoms. The summed E-state index contributed by atoms with van der Waals surface area (Å²) in [5.41, 5.74) is 5.49. The summed E-state index contributed by atoms with van der Waals surface area (Å²) in [7, 11) is 0. The largest absolute Gasteiger partial charge is 0.369 e. The second-order valence-corrected chi connectivity index (χ2v) is 3.29. The highest BCUT2D eigenvalue weighted by Crippen LogP contribution is 2.02. The van der Waals surface area contributed by atoms with E-state index < -0.39 is 0 Å². The first kappa shape index (κ1) is 10.1. The van der Waals surface area contributed by atoms with Crippen molar-refractivity contribution in [3.8, 4) is 0 Å². The molecule has 0 radical (unpaired) electrons. The van der Waals surface area contributed by atoms with E-state index in [1.807, 2.05) is 0 Å². The molecule has 72 valence electrons. The number of nitrogen functional groups attached to an aromatic ring is 1.